The van der Waals surface area contributed by atoms with Crippen LogP contribution in [0.5, 0.6) is 5.75 Å². The topological polar surface area (TPSA) is 21.3 Å². The second-order valence-corrected chi connectivity index (χ2v) is 5.88. The first kappa shape index (κ1) is 15.4. The molecule has 0 heterocycles. The third-order valence-electron chi connectivity index (χ3n) is 4.25. The highest BCUT2D eigenvalue weighted by atomic mass is 16.5. The number of rotatable bonds is 8. The van der Waals surface area contributed by atoms with Crippen LogP contribution in [0.2, 0.25) is 0 Å². The molecule has 2 rings (SSSR count). The van der Waals surface area contributed by atoms with Crippen molar-refractivity contribution < 1.29 is 4.74 Å². The first-order valence-corrected chi connectivity index (χ1v) is 8.30. The number of hydrogen-bond donors (Lipinski definition) is 1. The molecular weight excluding hydrogens is 246 g/mol. The molecule has 1 N–H and O–H groups in total. The van der Waals surface area contributed by atoms with E-state index in [-0.39, 0.29) is 0 Å². The van der Waals surface area contributed by atoms with E-state index in [1.54, 1.807) is 0 Å². The number of ether oxygens (including phenoxy) is 1. The van der Waals surface area contributed by atoms with Crippen molar-refractivity contribution in [3.8, 4) is 5.75 Å². The molecular formula is C18H29NO. The third kappa shape index (κ3) is 4.24. The highest BCUT2D eigenvalue weighted by molar-refractivity contribution is 5.36. The van der Waals surface area contributed by atoms with Crippen molar-refractivity contribution in [3.05, 3.63) is 29.8 Å². The van der Waals surface area contributed by atoms with E-state index in [1.807, 2.05) is 0 Å². The summed E-state index contributed by atoms with van der Waals surface area (Å²) in [5.41, 5.74) is 1.34. The molecule has 1 aliphatic rings. The summed E-state index contributed by atoms with van der Waals surface area (Å²) in [6, 6.07) is 8.99. The van der Waals surface area contributed by atoms with E-state index in [0.717, 1.165) is 31.2 Å². The average Bonchev–Trinajstić information content (AvgIpc) is 2.98. The van der Waals surface area contributed by atoms with Gasteiger partial charge in [0.1, 0.15) is 5.75 Å². The predicted octanol–water partition coefficient (Wildman–Crippen LogP) is 4.71. The predicted molar refractivity (Wildman–Crippen MR) is 85.2 cm³/mol. The smallest absolute Gasteiger partial charge is 0.124 e. The Labute approximate surface area is 123 Å². The maximum atomic E-state index is 5.94. The van der Waals surface area contributed by atoms with Crippen LogP contribution in [0.25, 0.3) is 0 Å². The van der Waals surface area contributed by atoms with Crippen molar-refractivity contribution in [1.82, 2.24) is 5.32 Å². The van der Waals surface area contributed by atoms with Crippen LogP contribution in [0.1, 0.15) is 64.0 Å². The lowest BCUT2D eigenvalue weighted by Gasteiger charge is -2.24. The molecule has 1 atom stereocenters. The van der Waals surface area contributed by atoms with Crippen LogP contribution in [-0.2, 0) is 0 Å². The molecule has 0 spiro atoms. The van der Waals surface area contributed by atoms with Gasteiger partial charge in [-0.2, -0.15) is 0 Å². The molecule has 1 aromatic rings. The molecule has 20 heavy (non-hydrogen) atoms. The average molecular weight is 275 g/mol. The number of nitrogens with one attached hydrogen (secondary N) is 1. The van der Waals surface area contributed by atoms with Gasteiger partial charge in [0.2, 0.25) is 0 Å². The van der Waals surface area contributed by atoms with Gasteiger partial charge in [0.15, 0.2) is 0 Å². The van der Waals surface area contributed by atoms with E-state index in [1.165, 1.54) is 37.7 Å². The van der Waals surface area contributed by atoms with E-state index < -0.39 is 0 Å². The van der Waals surface area contributed by atoms with Crippen LogP contribution in [0.3, 0.4) is 0 Å². The number of para-hydroxylation sites is 1. The lowest BCUT2D eigenvalue weighted by molar-refractivity contribution is 0.305. The molecule has 2 heteroatoms. The summed E-state index contributed by atoms with van der Waals surface area (Å²) < 4.78 is 5.94. The zero-order valence-electron chi connectivity index (χ0n) is 13.0. The van der Waals surface area contributed by atoms with Gasteiger partial charge in [-0.3, -0.25) is 0 Å². The maximum absolute atomic E-state index is 5.94. The van der Waals surface area contributed by atoms with E-state index >= 15 is 0 Å². The summed E-state index contributed by atoms with van der Waals surface area (Å²) in [5.74, 6) is 1.96. The Morgan fingerprint density at radius 2 is 1.95 bits per heavy atom. The minimum absolute atomic E-state index is 0.441. The Morgan fingerprint density at radius 3 is 2.65 bits per heavy atom. The zero-order chi connectivity index (χ0) is 14.2. The van der Waals surface area contributed by atoms with E-state index in [2.05, 4.69) is 43.4 Å². The first-order chi connectivity index (χ1) is 9.85. The van der Waals surface area contributed by atoms with Crippen LogP contribution < -0.4 is 10.1 Å². The van der Waals surface area contributed by atoms with Crippen molar-refractivity contribution in [3.63, 3.8) is 0 Å². The molecule has 1 aliphatic carbocycles. The fraction of sp³-hybridized carbons (Fsp3) is 0.667. The third-order valence-corrected chi connectivity index (χ3v) is 4.25. The summed E-state index contributed by atoms with van der Waals surface area (Å²) in [6.45, 7) is 6.17. The second kappa shape index (κ2) is 8.31. The number of benzene rings is 1. The SMILES string of the molecule is CCCOc1ccccc1C(CC1CCCC1)NCC. The Hall–Kier alpha value is -1.02. The summed E-state index contributed by atoms with van der Waals surface area (Å²) in [7, 11) is 0. The van der Waals surface area contributed by atoms with Crippen molar-refractivity contribution in [1.29, 1.82) is 0 Å². The fourth-order valence-corrected chi connectivity index (χ4v) is 3.26. The summed E-state index contributed by atoms with van der Waals surface area (Å²) in [4.78, 5) is 0. The maximum Gasteiger partial charge on any atom is 0.124 e. The van der Waals surface area contributed by atoms with Gasteiger partial charge < -0.3 is 10.1 Å². The van der Waals surface area contributed by atoms with Crippen molar-refractivity contribution in [2.45, 2.75) is 58.4 Å². The summed E-state index contributed by atoms with van der Waals surface area (Å²) in [6.07, 6.45) is 7.94. The molecule has 0 aromatic heterocycles. The highest BCUT2D eigenvalue weighted by Crippen LogP contribution is 2.35. The van der Waals surface area contributed by atoms with Crippen molar-refractivity contribution >= 4 is 0 Å². The molecule has 2 nitrogen and oxygen atoms in total. The Bertz CT molecular complexity index is 385. The van der Waals surface area contributed by atoms with E-state index in [0.29, 0.717) is 6.04 Å². The minimum atomic E-state index is 0.441. The highest BCUT2D eigenvalue weighted by Gasteiger charge is 2.22. The molecule has 112 valence electrons. The van der Waals surface area contributed by atoms with Crippen LogP contribution in [-0.4, -0.2) is 13.2 Å². The van der Waals surface area contributed by atoms with Gasteiger partial charge in [-0.15, -0.1) is 0 Å². The Kier molecular flexibility index (Phi) is 6.38. The molecule has 1 fully saturated rings. The summed E-state index contributed by atoms with van der Waals surface area (Å²) in [5, 5.41) is 3.66. The van der Waals surface area contributed by atoms with Crippen molar-refractivity contribution in [2.75, 3.05) is 13.2 Å². The monoisotopic (exact) mass is 275 g/mol. The molecule has 0 bridgehead atoms. The fourth-order valence-electron chi connectivity index (χ4n) is 3.26. The van der Waals surface area contributed by atoms with Crippen LogP contribution in [0.15, 0.2) is 24.3 Å². The molecule has 1 unspecified atom stereocenters. The van der Waals surface area contributed by atoms with Crippen LogP contribution in [0, 0.1) is 5.92 Å². The van der Waals surface area contributed by atoms with Gasteiger partial charge >= 0.3 is 0 Å². The van der Waals surface area contributed by atoms with Gasteiger partial charge in [-0.25, -0.2) is 0 Å². The van der Waals surface area contributed by atoms with Gasteiger partial charge in [0.05, 0.1) is 6.61 Å². The van der Waals surface area contributed by atoms with Crippen LogP contribution in [0.4, 0.5) is 0 Å². The molecule has 1 aromatic carbocycles. The zero-order valence-corrected chi connectivity index (χ0v) is 13.0. The van der Waals surface area contributed by atoms with Gasteiger partial charge in [-0.05, 0) is 31.4 Å². The molecule has 0 saturated heterocycles. The second-order valence-electron chi connectivity index (χ2n) is 5.88. The summed E-state index contributed by atoms with van der Waals surface area (Å²) >= 11 is 0. The van der Waals surface area contributed by atoms with Gasteiger partial charge in [-0.1, -0.05) is 57.7 Å². The Balaban J connectivity index is 2.10. The normalized spacial score (nSPS) is 17.3. The molecule has 1 saturated carbocycles. The quantitative estimate of drug-likeness (QED) is 0.742. The van der Waals surface area contributed by atoms with E-state index in [4.69, 9.17) is 4.74 Å². The van der Waals surface area contributed by atoms with E-state index in [9.17, 15) is 0 Å². The first-order valence-electron chi connectivity index (χ1n) is 8.30. The lowest BCUT2D eigenvalue weighted by Crippen LogP contribution is -2.23. The standard InChI is InChI=1S/C18H29NO/c1-3-13-20-18-12-8-7-11-16(18)17(19-4-2)14-15-9-5-6-10-15/h7-8,11-12,15,17,19H,3-6,9-10,13-14H2,1-2H3. The lowest BCUT2D eigenvalue weighted by atomic mass is 9.93. The van der Waals surface area contributed by atoms with Crippen molar-refractivity contribution in [2.24, 2.45) is 5.92 Å². The van der Waals surface area contributed by atoms with Crippen LogP contribution >= 0.6 is 0 Å². The molecule has 0 aliphatic heterocycles. The largest absolute Gasteiger partial charge is 0.493 e. The van der Waals surface area contributed by atoms with Gasteiger partial charge in [0, 0.05) is 11.6 Å². The minimum Gasteiger partial charge on any atom is -0.493 e. The van der Waals surface area contributed by atoms with Gasteiger partial charge in [0.25, 0.3) is 0 Å². The molecule has 0 radical (unpaired) electrons. The Morgan fingerprint density at radius 1 is 1.20 bits per heavy atom. The number of hydrogen-bond acceptors (Lipinski definition) is 2. The molecule has 0 amide bonds.